The minimum absolute atomic E-state index is 0.0273. The first kappa shape index (κ1) is 43.8. The molecule has 2 unspecified atom stereocenters. The molecule has 2 aliphatic carbocycles. The number of ether oxygens (including phenoxy) is 4. The highest BCUT2D eigenvalue weighted by Crippen LogP contribution is 2.48. The molecule has 4 heterocycles. The van der Waals surface area contributed by atoms with Gasteiger partial charge in [0.2, 0.25) is 0 Å². The molecule has 0 radical (unpaired) electrons. The van der Waals surface area contributed by atoms with Crippen LogP contribution in [0.1, 0.15) is 92.1 Å². The molecule has 15 heteroatoms. The minimum atomic E-state index is -0.942. The standard InChI is InChI=1S/C50H57N7O8/c1-26(2)42(55-49(60)63-5)45(58)41-27(3)12-15-34(41)46-52-37-17-14-30-20-36-33-16-13-31(19-32(33)25-65-40(36)21-35(30)44(37)54-46)38-22-51-47(53-38)39-18-28(24-62-4)23-57(39)48(59)43(56-50(61)64-6)29-10-8-7-9-11-29/h7-11,13,16,19-22,26-28,34,39,41-43H,12,14-15,17-18,23-25H2,1-6H3,(H,51,53)(H,52,54)(H,55,60)(H,56,61)/t27-,28-,34+,39-,41?,42-,43?/m0/s1. The number of H-pyrrole nitrogens is 2. The lowest BCUT2D eigenvalue weighted by Gasteiger charge is -2.28. The van der Waals surface area contributed by atoms with Gasteiger partial charge in [-0.25, -0.2) is 19.6 Å². The van der Waals surface area contributed by atoms with Crippen LogP contribution in [0, 0.1) is 23.7 Å². The molecule has 3 amide bonds. The number of ketones is 1. The molecule has 0 bridgehead atoms. The average Bonchev–Trinajstić information content (AvgIpc) is 4.15. The van der Waals surface area contributed by atoms with E-state index in [1.54, 1.807) is 18.2 Å². The van der Waals surface area contributed by atoms with Gasteiger partial charge in [0.15, 0.2) is 5.78 Å². The maximum absolute atomic E-state index is 14.3. The second kappa shape index (κ2) is 18.2. The Bertz CT molecular complexity index is 2600. The van der Waals surface area contributed by atoms with E-state index in [4.69, 9.17) is 28.9 Å². The number of Topliss-reactive ketones (excluding diaryl/α,β-unsaturated/α-hetero) is 1. The van der Waals surface area contributed by atoms with Crippen molar-refractivity contribution < 1.29 is 38.1 Å². The van der Waals surface area contributed by atoms with Crippen molar-refractivity contribution >= 4 is 23.9 Å². The summed E-state index contributed by atoms with van der Waals surface area (Å²) < 4.78 is 21.8. The fourth-order valence-corrected chi connectivity index (χ4v) is 10.6. The Morgan fingerprint density at radius 1 is 0.877 bits per heavy atom. The van der Waals surface area contributed by atoms with Gasteiger partial charge in [-0.1, -0.05) is 63.2 Å². The molecule has 3 aromatic carbocycles. The van der Waals surface area contributed by atoms with Crippen LogP contribution in [0.25, 0.3) is 33.6 Å². The maximum Gasteiger partial charge on any atom is 0.407 e. The number of likely N-dealkylation sites (tertiary alicyclic amines) is 1. The Morgan fingerprint density at radius 2 is 1.66 bits per heavy atom. The zero-order valence-corrected chi connectivity index (χ0v) is 37.7. The van der Waals surface area contributed by atoms with Crippen LogP contribution < -0.4 is 15.4 Å². The third kappa shape index (κ3) is 8.37. The number of nitrogens with one attached hydrogen (secondary N) is 4. The van der Waals surface area contributed by atoms with Crippen LogP contribution in [0.3, 0.4) is 0 Å². The van der Waals surface area contributed by atoms with Gasteiger partial charge in [0.05, 0.1) is 56.2 Å². The van der Waals surface area contributed by atoms with Gasteiger partial charge in [-0.05, 0) is 90.0 Å². The zero-order valence-electron chi connectivity index (χ0n) is 37.7. The lowest BCUT2D eigenvalue weighted by atomic mass is 9.80. The van der Waals surface area contributed by atoms with Crippen LogP contribution in [0.4, 0.5) is 9.59 Å². The molecule has 2 aromatic heterocycles. The van der Waals surface area contributed by atoms with Crippen molar-refractivity contribution in [2.75, 3.05) is 34.5 Å². The normalized spacial score (nSPS) is 21.6. The second-order valence-corrected chi connectivity index (χ2v) is 18.3. The van der Waals surface area contributed by atoms with Gasteiger partial charge in [0, 0.05) is 42.5 Å². The SMILES string of the molecule is COC[C@H]1C[C@@H](c2ncc(-c3ccc4c(c3)COc3cc5c(cc3-4)CCc3nc([C@@H]4CC[C@H](C)C4C(=O)[C@@H](NC(=O)OC)C(C)C)[nH]c3-5)[nH]2)N(C(=O)C(NC(=O)OC)c2ccccc2)C1. The van der Waals surface area contributed by atoms with Gasteiger partial charge in [0.1, 0.15) is 30.0 Å². The third-order valence-electron chi connectivity index (χ3n) is 13.9. The number of hydrogen-bond acceptors (Lipinski definition) is 10. The molecule has 5 aromatic rings. The minimum Gasteiger partial charge on any atom is -0.488 e. The van der Waals surface area contributed by atoms with Gasteiger partial charge in [-0.2, -0.15) is 0 Å². The number of carbonyl (C=O) groups is 4. The number of aryl methyl sites for hydroxylation is 2. The van der Waals surface area contributed by atoms with E-state index < -0.39 is 24.3 Å². The van der Waals surface area contributed by atoms with Gasteiger partial charge < -0.3 is 44.4 Å². The Balaban J connectivity index is 0.955. The van der Waals surface area contributed by atoms with E-state index >= 15 is 0 Å². The van der Waals surface area contributed by atoms with Crippen LogP contribution in [0.5, 0.6) is 5.75 Å². The monoisotopic (exact) mass is 883 g/mol. The first-order chi connectivity index (χ1) is 31.5. The summed E-state index contributed by atoms with van der Waals surface area (Å²) in [6, 6.07) is 17.9. The lowest BCUT2D eigenvalue weighted by molar-refractivity contribution is -0.134. The van der Waals surface area contributed by atoms with Gasteiger partial charge in [0.25, 0.3) is 5.91 Å². The third-order valence-corrected chi connectivity index (χ3v) is 13.9. The first-order valence-electron chi connectivity index (χ1n) is 22.6. The van der Waals surface area contributed by atoms with Crippen molar-refractivity contribution in [1.82, 2.24) is 35.5 Å². The molecule has 0 spiro atoms. The predicted molar refractivity (Wildman–Crippen MR) is 242 cm³/mol. The van der Waals surface area contributed by atoms with Crippen LogP contribution in [-0.4, -0.2) is 89.2 Å². The van der Waals surface area contributed by atoms with Crippen molar-refractivity contribution in [3.8, 4) is 39.4 Å². The largest absolute Gasteiger partial charge is 0.488 e. The van der Waals surface area contributed by atoms with Crippen molar-refractivity contribution in [2.24, 2.45) is 23.7 Å². The number of benzene rings is 3. The van der Waals surface area contributed by atoms with E-state index in [0.29, 0.717) is 37.6 Å². The number of alkyl carbamates (subject to hydrolysis) is 2. The number of amides is 3. The molecule has 1 saturated carbocycles. The maximum atomic E-state index is 14.3. The summed E-state index contributed by atoms with van der Waals surface area (Å²) in [4.78, 5) is 72.0. The van der Waals surface area contributed by atoms with E-state index in [-0.39, 0.29) is 47.3 Å². The number of carbonyl (C=O) groups excluding carboxylic acids is 4. The highest BCUT2D eigenvalue weighted by molar-refractivity contribution is 5.91. The molecule has 2 fully saturated rings. The molecular weight excluding hydrogens is 827 g/mol. The summed E-state index contributed by atoms with van der Waals surface area (Å²) >= 11 is 0. The van der Waals surface area contributed by atoms with E-state index in [9.17, 15) is 19.2 Å². The number of hydrogen-bond donors (Lipinski definition) is 4. The van der Waals surface area contributed by atoms with E-state index in [2.05, 4.69) is 57.9 Å². The van der Waals surface area contributed by atoms with Crippen molar-refractivity contribution in [2.45, 2.75) is 83.5 Å². The fraction of sp³-hybridized carbons (Fsp3) is 0.440. The predicted octanol–water partition coefficient (Wildman–Crippen LogP) is 7.84. The number of aromatic amines is 2. The number of methoxy groups -OCH3 is 3. The number of rotatable bonds is 12. The quantitative estimate of drug-likeness (QED) is 0.0961. The summed E-state index contributed by atoms with van der Waals surface area (Å²) in [7, 11) is 4.25. The van der Waals surface area contributed by atoms with Gasteiger partial charge >= 0.3 is 12.2 Å². The van der Waals surface area contributed by atoms with E-state index in [0.717, 1.165) is 82.2 Å². The van der Waals surface area contributed by atoms with Crippen molar-refractivity contribution in [3.05, 3.63) is 101 Å². The lowest BCUT2D eigenvalue weighted by Crippen LogP contribution is -2.48. The summed E-state index contributed by atoms with van der Waals surface area (Å²) in [5, 5.41) is 5.53. The summed E-state index contributed by atoms with van der Waals surface area (Å²) in [5.41, 5.74) is 9.87. The van der Waals surface area contributed by atoms with E-state index in [1.807, 2.05) is 44.2 Å². The molecule has 340 valence electrons. The van der Waals surface area contributed by atoms with Crippen LogP contribution >= 0.6 is 0 Å². The first-order valence-corrected chi connectivity index (χ1v) is 22.6. The summed E-state index contributed by atoms with van der Waals surface area (Å²) in [5.74, 6) is 1.84. The number of fused-ring (bicyclic) bond motifs is 6. The topological polar surface area (TPSA) is 190 Å². The molecule has 2 aliphatic heterocycles. The summed E-state index contributed by atoms with van der Waals surface area (Å²) in [6.45, 7) is 7.31. The highest BCUT2D eigenvalue weighted by atomic mass is 16.5. The second-order valence-electron chi connectivity index (χ2n) is 18.3. The molecule has 15 nitrogen and oxygen atoms in total. The molecule has 7 atom stereocenters. The van der Waals surface area contributed by atoms with Crippen LogP contribution in [0.15, 0.2) is 66.9 Å². The van der Waals surface area contributed by atoms with Crippen molar-refractivity contribution in [3.63, 3.8) is 0 Å². The van der Waals surface area contributed by atoms with Crippen LogP contribution in [-0.2, 0) is 43.2 Å². The number of nitrogens with zero attached hydrogens (tertiary/aromatic N) is 3. The van der Waals surface area contributed by atoms with Gasteiger partial charge in [-0.3, -0.25) is 9.59 Å². The molecule has 9 rings (SSSR count). The fourth-order valence-electron chi connectivity index (χ4n) is 10.6. The van der Waals surface area contributed by atoms with Gasteiger partial charge in [-0.15, -0.1) is 0 Å². The van der Waals surface area contributed by atoms with E-state index in [1.165, 1.54) is 19.8 Å². The Hall–Kier alpha value is -6.48. The molecule has 4 N–H and O–H groups in total. The average molecular weight is 884 g/mol. The highest BCUT2D eigenvalue weighted by Gasteiger charge is 2.45. The molecule has 65 heavy (non-hydrogen) atoms. The number of imidazole rings is 2. The van der Waals surface area contributed by atoms with Crippen LogP contribution in [0.2, 0.25) is 0 Å². The smallest absolute Gasteiger partial charge is 0.407 e. The number of aromatic nitrogens is 4. The Labute approximate surface area is 378 Å². The van der Waals surface area contributed by atoms with Crippen molar-refractivity contribution in [1.29, 1.82) is 0 Å². The Kier molecular flexibility index (Phi) is 12.2. The molecule has 1 saturated heterocycles. The molecule has 4 aliphatic rings. The summed E-state index contributed by atoms with van der Waals surface area (Å²) in [6.07, 6.45) is 4.49. The zero-order chi connectivity index (χ0) is 45.5. The molecular formula is C50H57N7O8. The Morgan fingerprint density at radius 3 is 2.42 bits per heavy atom.